The molecule has 0 spiro atoms. The van der Waals surface area contributed by atoms with Gasteiger partial charge in [-0.25, -0.2) is 4.39 Å². The van der Waals surface area contributed by atoms with Gasteiger partial charge in [0, 0.05) is 18.8 Å². The Morgan fingerprint density at radius 2 is 2.33 bits per heavy atom. The van der Waals surface area contributed by atoms with Crippen molar-refractivity contribution >= 4 is 17.3 Å². The van der Waals surface area contributed by atoms with E-state index in [4.69, 9.17) is 4.74 Å². The summed E-state index contributed by atoms with van der Waals surface area (Å²) in [5, 5.41) is 9.22. The third-order valence-electron chi connectivity index (χ3n) is 5.05. The summed E-state index contributed by atoms with van der Waals surface area (Å²) < 4.78 is 19.8. The first-order valence-electron chi connectivity index (χ1n) is 8.84. The van der Waals surface area contributed by atoms with Crippen molar-refractivity contribution in [2.24, 2.45) is 0 Å². The molecule has 2 atom stereocenters. The largest absolute Gasteiger partial charge is 0.380 e. The molecular formula is C18H26FN3O2. The molecule has 1 aromatic carbocycles. The molecule has 1 amide bonds. The molecule has 5 nitrogen and oxygen atoms in total. The van der Waals surface area contributed by atoms with Crippen LogP contribution in [-0.2, 0) is 9.53 Å². The van der Waals surface area contributed by atoms with Gasteiger partial charge in [0.15, 0.2) is 0 Å². The van der Waals surface area contributed by atoms with Crippen molar-refractivity contribution in [3.63, 3.8) is 0 Å². The first kappa shape index (κ1) is 17.2. The van der Waals surface area contributed by atoms with Crippen LogP contribution in [0.2, 0.25) is 0 Å². The Morgan fingerprint density at radius 3 is 2.96 bits per heavy atom. The van der Waals surface area contributed by atoms with E-state index in [1.165, 1.54) is 6.07 Å². The number of nitrogens with one attached hydrogen (secondary N) is 3. The van der Waals surface area contributed by atoms with Crippen LogP contribution in [0.3, 0.4) is 0 Å². The molecule has 2 saturated heterocycles. The van der Waals surface area contributed by atoms with E-state index in [1.54, 1.807) is 12.1 Å². The molecule has 2 heterocycles. The normalized spacial score (nSPS) is 26.5. The Labute approximate surface area is 142 Å². The Balaban J connectivity index is 1.60. The SMILES string of the molecule is CCC1(C(=O)Nc2ccc(NCC3CCCO3)c(F)c2)CCCN1. The first-order valence-corrected chi connectivity index (χ1v) is 8.84. The zero-order valence-corrected chi connectivity index (χ0v) is 14.2. The highest BCUT2D eigenvalue weighted by Gasteiger charge is 2.39. The predicted molar refractivity (Wildman–Crippen MR) is 92.8 cm³/mol. The highest BCUT2D eigenvalue weighted by Crippen LogP contribution is 2.26. The molecule has 2 aliphatic rings. The lowest BCUT2D eigenvalue weighted by Crippen LogP contribution is -2.50. The highest BCUT2D eigenvalue weighted by molar-refractivity contribution is 5.98. The lowest BCUT2D eigenvalue weighted by molar-refractivity contribution is -0.122. The second-order valence-electron chi connectivity index (χ2n) is 6.63. The summed E-state index contributed by atoms with van der Waals surface area (Å²) in [5.41, 5.74) is 0.405. The molecule has 0 saturated carbocycles. The Hall–Kier alpha value is -1.66. The maximum Gasteiger partial charge on any atom is 0.244 e. The number of amides is 1. The van der Waals surface area contributed by atoms with Gasteiger partial charge in [-0.1, -0.05) is 6.92 Å². The molecule has 0 aromatic heterocycles. The van der Waals surface area contributed by atoms with E-state index in [9.17, 15) is 9.18 Å². The second-order valence-corrected chi connectivity index (χ2v) is 6.63. The lowest BCUT2D eigenvalue weighted by atomic mass is 9.93. The van der Waals surface area contributed by atoms with E-state index in [1.807, 2.05) is 6.92 Å². The predicted octanol–water partition coefficient (Wildman–Crippen LogP) is 2.89. The van der Waals surface area contributed by atoms with Gasteiger partial charge in [0.25, 0.3) is 0 Å². The quantitative estimate of drug-likeness (QED) is 0.748. The van der Waals surface area contributed by atoms with Crippen molar-refractivity contribution in [1.82, 2.24) is 5.32 Å². The summed E-state index contributed by atoms with van der Waals surface area (Å²) in [6.07, 6.45) is 4.76. The van der Waals surface area contributed by atoms with Crippen LogP contribution in [-0.4, -0.2) is 37.2 Å². The Bertz CT molecular complexity index is 582. The molecule has 1 aromatic rings. The molecular weight excluding hydrogens is 309 g/mol. The Morgan fingerprint density at radius 1 is 1.46 bits per heavy atom. The van der Waals surface area contributed by atoms with Crippen LogP contribution < -0.4 is 16.0 Å². The minimum Gasteiger partial charge on any atom is -0.380 e. The van der Waals surface area contributed by atoms with Gasteiger partial charge in [-0.2, -0.15) is 0 Å². The van der Waals surface area contributed by atoms with E-state index >= 15 is 0 Å². The van der Waals surface area contributed by atoms with Gasteiger partial charge in [-0.05, 0) is 56.8 Å². The number of anilines is 2. The van der Waals surface area contributed by atoms with Crippen molar-refractivity contribution in [1.29, 1.82) is 0 Å². The number of benzene rings is 1. The summed E-state index contributed by atoms with van der Waals surface area (Å²) in [6, 6.07) is 4.77. The van der Waals surface area contributed by atoms with Gasteiger partial charge in [0.1, 0.15) is 5.82 Å². The number of ether oxygens (including phenoxy) is 1. The van der Waals surface area contributed by atoms with Crippen LogP contribution in [0, 0.1) is 5.82 Å². The van der Waals surface area contributed by atoms with Crippen molar-refractivity contribution in [3.8, 4) is 0 Å². The molecule has 132 valence electrons. The topological polar surface area (TPSA) is 62.4 Å². The Kier molecular flexibility index (Phi) is 5.36. The summed E-state index contributed by atoms with van der Waals surface area (Å²) in [6.45, 7) is 4.23. The van der Waals surface area contributed by atoms with Gasteiger partial charge in [-0.15, -0.1) is 0 Å². The van der Waals surface area contributed by atoms with Crippen molar-refractivity contribution < 1.29 is 13.9 Å². The van der Waals surface area contributed by atoms with Crippen LogP contribution in [0.4, 0.5) is 15.8 Å². The van der Waals surface area contributed by atoms with Gasteiger partial charge >= 0.3 is 0 Å². The molecule has 2 aliphatic heterocycles. The lowest BCUT2D eigenvalue weighted by Gasteiger charge is -2.26. The number of hydrogen-bond acceptors (Lipinski definition) is 4. The molecule has 0 radical (unpaired) electrons. The fourth-order valence-electron chi connectivity index (χ4n) is 3.48. The molecule has 24 heavy (non-hydrogen) atoms. The van der Waals surface area contributed by atoms with E-state index < -0.39 is 5.54 Å². The summed E-state index contributed by atoms with van der Waals surface area (Å²) in [5.74, 6) is -0.447. The van der Waals surface area contributed by atoms with Crippen LogP contribution in [0.15, 0.2) is 18.2 Å². The van der Waals surface area contributed by atoms with Crippen LogP contribution in [0.25, 0.3) is 0 Å². The molecule has 0 bridgehead atoms. The number of halogens is 1. The minimum absolute atomic E-state index is 0.0815. The van der Waals surface area contributed by atoms with Crippen LogP contribution in [0.5, 0.6) is 0 Å². The number of carbonyl (C=O) groups is 1. The maximum absolute atomic E-state index is 14.3. The third-order valence-corrected chi connectivity index (χ3v) is 5.05. The fraction of sp³-hybridized carbons (Fsp3) is 0.611. The highest BCUT2D eigenvalue weighted by atomic mass is 19.1. The monoisotopic (exact) mass is 335 g/mol. The molecule has 2 fully saturated rings. The third kappa shape index (κ3) is 3.70. The molecule has 0 aliphatic carbocycles. The van der Waals surface area contributed by atoms with Crippen molar-refractivity contribution in [3.05, 3.63) is 24.0 Å². The second kappa shape index (κ2) is 7.49. The van der Waals surface area contributed by atoms with E-state index in [0.717, 1.165) is 45.3 Å². The maximum atomic E-state index is 14.3. The van der Waals surface area contributed by atoms with E-state index in [0.29, 0.717) is 17.9 Å². The average molecular weight is 335 g/mol. The van der Waals surface area contributed by atoms with E-state index in [-0.39, 0.29) is 17.8 Å². The number of rotatable bonds is 6. The van der Waals surface area contributed by atoms with Crippen molar-refractivity contribution in [2.45, 2.75) is 50.7 Å². The fourth-order valence-corrected chi connectivity index (χ4v) is 3.48. The zero-order valence-electron chi connectivity index (χ0n) is 14.2. The number of hydrogen-bond donors (Lipinski definition) is 3. The average Bonchev–Trinajstić information content (AvgIpc) is 3.26. The summed E-state index contributed by atoms with van der Waals surface area (Å²) in [7, 11) is 0. The van der Waals surface area contributed by atoms with Gasteiger partial charge in [-0.3, -0.25) is 4.79 Å². The van der Waals surface area contributed by atoms with Gasteiger partial charge in [0.2, 0.25) is 5.91 Å². The molecule has 6 heteroatoms. The zero-order chi connectivity index (χ0) is 17.0. The van der Waals surface area contributed by atoms with Gasteiger partial charge in [0.05, 0.1) is 17.3 Å². The standard InChI is InChI=1S/C18H26FN3O2/c1-2-18(8-4-9-21-18)17(23)22-13-6-7-16(15(19)11-13)20-12-14-5-3-10-24-14/h6-7,11,14,20-21H,2-5,8-10,12H2,1H3,(H,22,23). The van der Waals surface area contributed by atoms with Crippen LogP contribution in [0.1, 0.15) is 39.0 Å². The summed E-state index contributed by atoms with van der Waals surface area (Å²) in [4.78, 5) is 12.5. The molecule has 2 unspecified atom stereocenters. The van der Waals surface area contributed by atoms with Crippen molar-refractivity contribution in [2.75, 3.05) is 30.3 Å². The first-order chi connectivity index (χ1) is 11.6. The minimum atomic E-state index is -0.521. The number of carbonyl (C=O) groups excluding carboxylic acids is 1. The summed E-state index contributed by atoms with van der Waals surface area (Å²) >= 11 is 0. The van der Waals surface area contributed by atoms with Gasteiger partial charge < -0.3 is 20.7 Å². The molecule has 3 N–H and O–H groups in total. The molecule has 3 rings (SSSR count). The van der Waals surface area contributed by atoms with Crippen LogP contribution >= 0.6 is 0 Å². The van der Waals surface area contributed by atoms with E-state index in [2.05, 4.69) is 16.0 Å². The smallest absolute Gasteiger partial charge is 0.244 e.